The molecule has 1 N–H and O–H groups in total. The Bertz CT molecular complexity index is 947. The van der Waals surface area contributed by atoms with Crippen LogP contribution in [0.1, 0.15) is 65.1 Å². The van der Waals surface area contributed by atoms with Gasteiger partial charge in [-0.25, -0.2) is 4.79 Å². The molecule has 1 unspecified atom stereocenters. The Morgan fingerprint density at radius 2 is 1.91 bits per heavy atom. The fourth-order valence-electron chi connectivity index (χ4n) is 3.04. The summed E-state index contributed by atoms with van der Waals surface area (Å²) in [5, 5.41) is 5.66. The van der Waals surface area contributed by atoms with Crippen molar-refractivity contribution in [3.05, 3.63) is 23.4 Å². The quantitative estimate of drug-likeness (QED) is 0.429. The number of hydrogen-bond acceptors (Lipinski definition) is 6. The highest BCUT2D eigenvalue weighted by Gasteiger charge is 2.37. The summed E-state index contributed by atoms with van der Waals surface area (Å²) in [7, 11) is 0. The van der Waals surface area contributed by atoms with Gasteiger partial charge in [0.25, 0.3) is 0 Å². The summed E-state index contributed by atoms with van der Waals surface area (Å²) >= 11 is 0. The SMILES string of the molecule is CCCc1c(OCCCC(=O)NC(C)C(=O)OC(C)(C)C)ccc2c(C(F)(F)F)noc12. The summed E-state index contributed by atoms with van der Waals surface area (Å²) in [4.78, 5) is 24.0. The predicted molar refractivity (Wildman–Crippen MR) is 111 cm³/mol. The van der Waals surface area contributed by atoms with Crippen LogP contribution in [0.2, 0.25) is 0 Å². The number of rotatable bonds is 9. The summed E-state index contributed by atoms with van der Waals surface area (Å²) < 4.78 is 55.2. The standard InChI is InChI=1S/C22H29F3N2O5/c1-6-8-14-16(11-10-15-18(14)32-27-19(15)22(23,24)25)30-12-7-9-17(28)26-13(2)20(29)31-21(3,4)5/h10-11,13H,6-9,12H2,1-5H3,(H,26,28). The molecule has 0 aliphatic rings. The lowest BCUT2D eigenvalue weighted by molar-refractivity contribution is -0.158. The van der Waals surface area contributed by atoms with E-state index in [9.17, 15) is 22.8 Å². The van der Waals surface area contributed by atoms with E-state index in [4.69, 9.17) is 14.0 Å². The molecule has 0 saturated carbocycles. The minimum atomic E-state index is -4.61. The number of nitrogens with one attached hydrogen (secondary N) is 1. The fraction of sp³-hybridized carbons (Fsp3) is 0.591. The van der Waals surface area contributed by atoms with Crippen LogP contribution in [0, 0.1) is 0 Å². The number of benzene rings is 1. The molecule has 0 spiro atoms. The Hall–Kier alpha value is -2.78. The normalized spacial score (nSPS) is 13.1. The first-order valence-electron chi connectivity index (χ1n) is 10.5. The van der Waals surface area contributed by atoms with Crippen molar-refractivity contribution in [2.24, 2.45) is 0 Å². The Balaban J connectivity index is 1.95. The first-order chi connectivity index (χ1) is 14.8. The van der Waals surface area contributed by atoms with Gasteiger partial charge in [-0.2, -0.15) is 13.2 Å². The molecule has 1 aromatic carbocycles. The van der Waals surface area contributed by atoms with Crippen molar-refractivity contribution in [3.8, 4) is 5.75 Å². The van der Waals surface area contributed by atoms with Crippen molar-refractivity contribution in [2.75, 3.05) is 6.61 Å². The summed E-state index contributed by atoms with van der Waals surface area (Å²) in [5.74, 6) is -0.460. The lowest BCUT2D eigenvalue weighted by Gasteiger charge is -2.22. The summed E-state index contributed by atoms with van der Waals surface area (Å²) in [5.41, 5.74) is -1.14. The molecule has 0 bridgehead atoms. The molecule has 178 valence electrons. The number of hydrogen-bond donors (Lipinski definition) is 1. The highest BCUT2D eigenvalue weighted by molar-refractivity contribution is 5.85. The van der Waals surface area contributed by atoms with Gasteiger partial charge in [0.2, 0.25) is 5.91 Å². The zero-order valence-corrected chi connectivity index (χ0v) is 18.9. The van der Waals surface area contributed by atoms with Crippen LogP contribution in [0.4, 0.5) is 13.2 Å². The highest BCUT2D eigenvalue weighted by Crippen LogP contribution is 2.38. The van der Waals surface area contributed by atoms with Gasteiger partial charge in [-0.3, -0.25) is 4.79 Å². The number of halogens is 3. The second kappa shape index (κ2) is 10.2. The van der Waals surface area contributed by atoms with Gasteiger partial charge in [0.05, 0.1) is 12.0 Å². The van der Waals surface area contributed by atoms with Crippen molar-refractivity contribution in [3.63, 3.8) is 0 Å². The molecule has 1 heterocycles. The van der Waals surface area contributed by atoms with E-state index in [1.54, 1.807) is 27.7 Å². The molecule has 2 aromatic rings. The molecule has 1 aromatic heterocycles. The van der Waals surface area contributed by atoms with Crippen LogP contribution < -0.4 is 10.1 Å². The Labute approximate surface area is 184 Å². The van der Waals surface area contributed by atoms with E-state index in [1.807, 2.05) is 6.92 Å². The maximum atomic E-state index is 13.1. The molecule has 0 radical (unpaired) electrons. The Morgan fingerprint density at radius 3 is 2.50 bits per heavy atom. The van der Waals surface area contributed by atoms with Gasteiger partial charge in [0.15, 0.2) is 11.3 Å². The van der Waals surface area contributed by atoms with Crippen LogP contribution in [-0.2, 0) is 26.9 Å². The number of carbonyl (C=O) groups excluding carboxylic acids is 2. The third kappa shape index (κ3) is 6.86. The molecular formula is C22H29F3N2O5. The maximum absolute atomic E-state index is 13.1. The monoisotopic (exact) mass is 458 g/mol. The van der Waals surface area contributed by atoms with Gasteiger partial charge in [0.1, 0.15) is 17.4 Å². The second-order valence-corrected chi connectivity index (χ2v) is 8.47. The predicted octanol–water partition coefficient (Wildman–Crippen LogP) is 4.80. The van der Waals surface area contributed by atoms with Crippen LogP contribution in [0.3, 0.4) is 0 Å². The van der Waals surface area contributed by atoms with Gasteiger partial charge >= 0.3 is 12.1 Å². The van der Waals surface area contributed by atoms with Crippen molar-refractivity contribution in [1.82, 2.24) is 10.5 Å². The number of aryl methyl sites for hydroxylation is 1. The summed E-state index contributed by atoms with van der Waals surface area (Å²) in [6, 6.07) is 1.96. The van der Waals surface area contributed by atoms with E-state index < -0.39 is 29.5 Å². The van der Waals surface area contributed by atoms with Gasteiger partial charge in [0, 0.05) is 12.0 Å². The minimum absolute atomic E-state index is 0.0561. The first-order valence-corrected chi connectivity index (χ1v) is 10.5. The third-order valence-electron chi connectivity index (χ3n) is 4.41. The van der Waals surface area contributed by atoms with Gasteiger partial charge in [-0.1, -0.05) is 18.5 Å². The molecule has 10 heteroatoms. The average molecular weight is 458 g/mol. The zero-order chi connectivity index (χ0) is 24.1. The average Bonchev–Trinajstić information content (AvgIpc) is 3.10. The van der Waals surface area contributed by atoms with E-state index in [0.29, 0.717) is 30.6 Å². The molecule has 7 nitrogen and oxygen atoms in total. The number of esters is 1. The van der Waals surface area contributed by atoms with E-state index in [0.717, 1.165) is 0 Å². The fourth-order valence-corrected chi connectivity index (χ4v) is 3.04. The number of nitrogens with zero attached hydrogens (tertiary/aromatic N) is 1. The number of amides is 1. The number of fused-ring (bicyclic) bond motifs is 1. The van der Waals surface area contributed by atoms with Crippen molar-refractivity contribution >= 4 is 22.8 Å². The Kier molecular flexibility index (Phi) is 8.14. The van der Waals surface area contributed by atoms with Crippen LogP contribution in [0.25, 0.3) is 11.0 Å². The molecule has 2 rings (SSSR count). The van der Waals surface area contributed by atoms with E-state index in [2.05, 4.69) is 10.5 Å². The van der Waals surface area contributed by atoms with E-state index >= 15 is 0 Å². The van der Waals surface area contributed by atoms with E-state index in [1.165, 1.54) is 12.1 Å². The molecule has 1 atom stereocenters. The van der Waals surface area contributed by atoms with Crippen LogP contribution in [0.5, 0.6) is 5.75 Å². The van der Waals surface area contributed by atoms with Crippen molar-refractivity contribution < 1.29 is 36.8 Å². The number of ether oxygens (including phenoxy) is 2. The zero-order valence-electron chi connectivity index (χ0n) is 18.9. The lowest BCUT2D eigenvalue weighted by Crippen LogP contribution is -2.42. The van der Waals surface area contributed by atoms with Crippen molar-refractivity contribution in [2.45, 2.75) is 78.1 Å². The summed E-state index contributed by atoms with van der Waals surface area (Å²) in [6.07, 6.45) is -3.03. The second-order valence-electron chi connectivity index (χ2n) is 8.47. The third-order valence-corrected chi connectivity index (χ3v) is 4.41. The molecule has 32 heavy (non-hydrogen) atoms. The van der Waals surface area contributed by atoms with Gasteiger partial charge in [-0.15, -0.1) is 0 Å². The topological polar surface area (TPSA) is 90.7 Å². The molecule has 0 saturated heterocycles. The first kappa shape index (κ1) is 25.5. The summed E-state index contributed by atoms with van der Waals surface area (Å²) in [6.45, 7) is 8.81. The van der Waals surface area contributed by atoms with Crippen LogP contribution >= 0.6 is 0 Å². The Morgan fingerprint density at radius 1 is 1.22 bits per heavy atom. The van der Waals surface area contributed by atoms with Crippen LogP contribution in [-0.4, -0.2) is 35.3 Å². The highest BCUT2D eigenvalue weighted by atomic mass is 19.4. The molecule has 0 aliphatic carbocycles. The number of carbonyl (C=O) groups is 2. The van der Waals surface area contributed by atoms with Crippen molar-refractivity contribution in [1.29, 1.82) is 0 Å². The maximum Gasteiger partial charge on any atom is 0.437 e. The molecule has 1 amide bonds. The molecular weight excluding hydrogens is 429 g/mol. The van der Waals surface area contributed by atoms with Crippen LogP contribution in [0.15, 0.2) is 16.7 Å². The number of aromatic nitrogens is 1. The minimum Gasteiger partial charge on any atom is -0.493 e. The molecule has 0 fully saturated rings. The van der Waals surface area contributed by atoms with E-state index in [-0.39, 0.29) is 29.9 Å². The number of alkyl halides is 3. The lowest BCUT2D eigenvalue weighted by atomic mass is 10.0. The largest absolute Gasteiger partial charge is 0.493 e. The molecule has 0 aliphatic heterocycles. The van der Waals surface area contributed by atoms with Gasteiger partial charge in [-0.05, 0) is 52.7 Å². The smallest absolute Gasteiger partial charge is 0.437 e. The van der Waals surface area contributed by atoms with Gasteiger partial charge < -0.3 is 19.3 Å².